The zero-order chi connectivity index (χ0) is 17.2. The summed E-state index contributed by atoms with van der Waals surface area (Å²) in [6, 6.07) is 15.2. The number of hydrogen-bond acceptors (Lipinski definition) is 3. The van der Waals surface area contributed by atoms with Crippen molar-refractivity contribution >= 4 is 17.5 Å². The fourth-order valence-electron chi connectivity index (χ4n) is 2.90. The summed E-state index contributed by atoms with van der Waals surface area (Å²) in [5, 5.41) is 7.95. The highest BCUT2D eigenvalue weighted by Crippen LogP contribution is 2.36. The van der Waals surface area contributed by atoms with E-state index in [0.29, 0.717) is 18.2 Å². The van der Waals surface area contributed by atoms with Gasteiger partial charge in [-0.2, -0.15) is 5.10 Å². The standard InChI is InChI=1S/C19H16ClN3O2/c20-15-7-5-13(6-8-15)9-21-18(24)11-23-19-14(10-22-23)12-25-17-4-2-1-3-16(17)19/h1-8,10H,9,11-12H2,(H,21,24). The molecule has 3 aromatic rings. The summed E-state index contributed by atoms with van der Waals surface area (Å²) in [5.41, 5.74) is 3.90. The van der Waals surface area contributed by atoms with E-state index in [0.717, 1.165) is 28.1 Å². The third-order valence-corrected chi connectivity index (χ3v) is 4.39. The van der Waals surface area contributed by atoms with E-state index in [1.54, 1.807) is 10.9 Å². The van der Waals surface area contributed by atoms with E-state index >= 15 is 0 Å². The molecular weight excluding hydrogens is 338 g/mol. The average Bonchev–Trinajstić information content (AvgIpc) is 3.04. The second-order valence-electron chi connectivity index (χ2n) is 5.86. The first-order valence-electron chi connectivity index (χ1n) is 7.99. The third-order valence-electron chi connectivity index (χ3n) is 4.14. The van der Waals surface area contributed by atoms with Crippen LogP contribution in [0.1, 0.15) is 11.1 Å². The Morgan fingerprint density at radius 1 is 1.20 bits per heavy atom. The van der Waals surface area contributed by atoms with Gasteiger partial charge in [-0.05, 0) is 29.8 Å². The molecule has 0 bridgehead atoms. The van der Waals surface area contributed by atoms with Crippen LogP contribution in [0.4, 0.5) is 0 Å². The lowest BCUT2D eigenvalue weighted by Gasteiger charge is -2.19. The number of nitrogens with one attached hydrogen (secondary N) is 1. The number of benzene rings is 2. The zero-order valence-electron chi connectivity index (χ0n) is 13.4. The number of carbonyl (C=O) groups excluding carboxylic acids is 1. The monoisotopic (exact) mass is 353 g/mol. The summed E-state index contributed by atoms with van der Waals surface area (Å²) in [6.45, 7) is 1.09. The molecule has 1 N–H and O–H groups in total. The molecule has 2 heterocycles. The second kappa shape index (κ2) is 6.61. The molecule has 0 aliphatic carbocycles. The largest absolute Gasteiger partial charge is 0.488 e. The fraction of sp³-hybridized carbons (Fsp3) is 0.158. The molecule has 1 amide bonds. The van der Waals surface area contributed by atoms with Gasteiger partial charge in [0.15, 0.2) is 0 Å². The Balaban J connectivity index is 1.48. The van der Waals surface area contributed by atoms with Gasteiger partial charge in [0, 0.05) is 22.7 Å². The minimum absolute atomic E-state index is 0.0928. The summed E-state index contributed by atoms with van der Waals surface area (Å²) < 4.78 is 7.45. The Kier molecular flexibility index (Phi) is 4.15. The molecule has 126 valence electrons. The molecule has 4 rings (SSSR count). The Morgan fingerprint density at radius 3 is 2.84 bits per heavy atom. The molecule has 25 heavy (non-hydrogen) atoms. The summed E-state index contributed by atoms with van der Waals surface area (Å²) in [6.07, 6.45) is 1.76. The Labute approximate surface area is 150 Å². The maximum Gasteiger partial charge on any atom is 0.242 e. The van der Waals surface area contributed by atoms with Crippen molar-refractivity contribution in [1.29, 1.82) is 0 Å². The van der Waals surface area contributed by atoms with Gasteiger partial charge in [0.2, 0.25) is 5.91 Å². The Hall–Kier alpha value is -2.79. The van der Waals surface area contributed by atoms with Gasteiger partial charge < -0.3 is 10.1 Å². The predicted octanol–water partition coefficient (Wildman–Crippen LogP) is 3.41. The molecule has 1 aliphatic rings. The van der Waals surface area contributed by atoms with Gasteiger partial charge in [0.05, 0.1) is 11.9 Å². The molecule has 0 unspecified atom stereocenters. The number of fused-ring (bicyclic) bond motifs is 3. The van der Waals surface area contributed by atoms with E-state index in [1.807, 2.05) is 48.5 Å². The minimum atomic E-state index is -0.0928. The Bertz CT molecular complexity index is 919. The van der Waals surface area contributed by atoms with Crippen LogP contribution in [-0.4, -0.2) is 15.7 Å². The van der Waals surface area contributed by atoms with Gasteiger partial charge in [0.1, 0.15) is 18.9 Å². The first kappa shape index (κ1) is 15.7. The molecule has 0 saturated carbocycles. The minimum Gasteiger partial charge on any atom is -0.488 e. The molecule has 6 heteroatoms. The van der Waals surface area contributed by atoms with Crippen LogP contribution in [0.2, 0.25) is 5.02 Å². The van der Waals surface area contributed by atoms with Crippen LogP contribution < -0.4 is 10.1 Å². The van der Waals surface area contributed by atoms with Crippen LogP contribution in [-0.2, 0) is 24.5 Å². The van der Waals surface area contributed by atoms with Gasteiger partial charge in [-0.1, -0.05) is 35.9 Å². The first-order valence-corrected chi connectivity index (χ1v) is 8.36. The normalized spacial score (nSPS) is 12.0. The molecule has 5 nitrogen and oxygen atoms in total. The van der Waals surface area contributed by atoms with Crippen molar-refractivity contribution in [3.05, 3.63) is 70.9 Å². The van der Waals surface area contributed by atoms with Crippen LogP contribution in [0.5, 0.6) is 5.75 Å². The Morgan fingerprint density at radius 2 is 2.00 bits per heavy atom. The van der Waals surface area contributed by atoms with Gasteiger partial charge in [-0.3, -0.25) is 9.48 Å². The maximum absolute atomic E-state index is 12.3. The SMILES string of the molecule is O=C(Cn1ncc2c1-c1ccccc1OC2)NCc1ccc(Cl)cc1. The lowest BCUT2D eigenvalue weighted by Crippen LogP contribution is -2.28. The topological polar surface area (TPSA) is 56.2 Å². The molecule has 1 aromatic heterocycles. The van der Waals surface area contributed by atoms with Crippen LogP contribution in [0.15, 0.2) is 54.7 Å². The predicted molar refractivity (Wildman–Crippen MR) is 95.3 cm³/mol. The van der Waals surface area contributed by atoms with Gasteiger partial charge in [0.25, 0.3) is 0 Å². The lowest BCUT2D eigenvalue weighted by atomic mass is 10.0. The summed E-state index contributed by atoms with van der Waals surface area (Å²) >= 11 is 5.87. The second-order valence-corrected chi connectivity index (χ2v) is 6.30. The van der Waals surface area contributed by atoms with Crippen molar-refractivity contribution < 1.29 is 9.53 Å². The molecule has 1 aliphatic heterocycles. The van der Waals surface area contributed by atoms with Crippen molar-refractivity contribution in [1.82, 2.24) is 15.1 Å². The van der Waals surface area contributed by atoms with E-state index in [4.69, 9.17) is 16.3 Å². The van der Waals surface area contributed by atoms with Crippen molar-refractivity contribution in [2.75, 3.05) is 0 Å². The molecule has 0 atom stereocenters. The number of hydrogen-bond donors (Lipinski definition) is 1. The molecular formula is C19H16ClN3O2. The number of ether oxygens (including phenoxy) is 1. The van der Waals surface area contributed by atoms with Gasteiger partial charge in [-0.15, -0.1) is 0 Å². The smallest absolute Gasteiger partial charge is 0.242 e. The molecule has 0 spiro atoms. The van der Waals surface area contributed by atoms with Crippen molar-refractivity contribution in [2.24, 2.45) is 0 Å². The van der Waals surface area contributed by atoms with Crippen molar-refractivity contribution in [3.63, 3.8) is 0 Å². The van der Waals surface area contributed by atoms with E-state index in [2.05, 4.69) is 10.4 Å². The fourth-order valence-corrected chi connectivity index (χ4v) is 3.03. The highest BCUT2D eigenvalue weighted by Gasteiger charge is 2.22. The number of halogens is 1. The van der Waals surface area contributed by atoms with E-state index in [-0.39, 0.29) is 12.5 Å². The molecule has 0 fully saturated rings. The summed E-state index contributed by atoms with van der Waals surface area (Å²) in [4.78, 5) is 12.3. The van der Waals surface area contributed by atoms with Gasteiger partial charge in [-0.25, -0.2) is 0 Å². The average molecular weight is 354 g/mol. The summed E-state index contributed by atoms with van der Waals surface area (Å²) in [7, 11) is 0. The van der Waals surface area contributed by atoms with Gasteiger partial charge >= 0.3 is 0 Å². The molecule has 0 saturated heterocycles. The lowest BCUT2D eigenvalue weighted by molar-refractivity contribution is -0.122. The quantitative estimate of drug-likeness (QED) is 0.782. The maximum atomic E-state index is 12.3. The van der Waals surface area contributed by atoms with Crippen LogP contribution in [0.25, 0.3) is 11.3 Å². The number of aromatic nitrogens is 2. The van der Waals surface area contributed by atoms with Crippen LogP contribution in [0, 0.1) is 0 Å². The highest BCUT2D eigenvalue weighted by molar-refractivity contribution is 6.30. The number of para-hydroxylation sites is 1. The zero-order valence-corrected chi connectivity index (χ0v) is 14.2. The number of nitrogens with zero attached hydrogens (tertiary/aromatic N) is 2. The van der Waals surface area contributed by atoms with E-state index in [1.165, 1.54) is 0 Å². The molecule has 2 aromatic carbocycles. The summed E-state index contributed by atoms with van der Waals surface area (Å²) in [5.74, 6) is 0.725. The van der Waals surface area contributed by atoms with Crippen LogP contribution in [0.3, 0.4) is 0 Å². The number of rotatable bonds is 4. The van der Waals surface area contributed by atoms with Crippen molar-refractivity contribution in [2.45, 2.75) is 19.7 Å². The van der Waals surface area contributed by atoms with Crippen molar-refractivity contribution in [3.8, 4) is 17.0 Å². The number of carbonyl (C=O) groups is 1. The third kappa shape index (κ3) is 3.23. The van der Waals surface area contributed by atoms with E-state index < -0.39 is 0 Å². The highest BCUT2D eigenvalue weighted by atomic mass is 35.5. The first-order chi connectivity index (χ1) is 12.2. The van der Waals surface area contributed by atoms with E-state index in [9.17, 15) is 4.79 Å². The van der Waals surface area contributed by atoms with Crippen LogP contribution >= 0.6 is 11.6 Å². The number of amides is 1. The molecule has 0 radical (unpaired) electrons.